The van der Waals surface area contributed by atoms with Gasteiger partial charge in [0.25, 0.3) is 0 Å². The summed E-state index contributed by atoms with van der Waals surface area (Å²) >= 11 is 0. The van der Waals surface area contributed by atoms with Crippen molar-refractivity contribution in [2.24, 2.45) is 0 Å². The van der Waals surface area contributed by atoms with Crippen molar-refractivity contribution >= 4 is 6.03 Å². The molecule has 2 saturated heterocycles. The first kappa shape index (κ1) is 15.1. The van der Waals surface area contributed by atoms with E-state index >= 15 is 0 Å². The van der Waals surface area contributed by atoms with Crippen molar-refractivity contribution in [1.29, 1.82) is 0 Å². The Bertz CT molecular complexity index is 691. The first-order valence-electron chi connectivity index (χ1n) is 8.51. The average molecular weight is 322 g/mol. The van der Waals surface area contributed by atoms with Crippen molar-refractivity contribution in [3.63, 3.8) is 0 Å². The van der Waals surface area contributed by atoms with Gasteiger partial charge in [-0.25, -0.2) is 4.79 Å². The molecule has 2 aliphatic rings. The summed E-state index contributed by atoms with van der Waals surface area (Å²) in [5.41, 5.74) is 2.28. The molecule has 24 heavy (non-hydrogen) atoms. The van der Waals surface area contributed by atoms with Gasteiger partial charge in [0.05, 0.1) is 18.3 Å². The Labute approximate surface area is 142 Å². The van der Waals surface area contributed by atoms with E-state index in [1.54, 1.807) is 6.20 Å². The molecule has 124 valence electrons. The van der Waals surface area contributed by atoms with E-state index in [2.05, 4.69) is 34.1 Å². The number of urea groups is 1. The summed E-state index contributed by atoms with van der Waals surface area (Å²) in [5.74, 6) is 0. The van der Waals surface area contributed by atoms with Crippen LogP contribution < -0.4 is 0 Å². The smallest absolute Gasteiger partial charge is 0.317 e. The molecule has 1 aromatic carbocycles. The van der Waals surface area contributed by atoms with Crippen molar-refractivity contribution in [1.82, 2.24) is 19.7 Å². The number of pyridine rings is 1. The van der Waals surface area contributed by atoms with Crippen LogP contribution in [0.1, 0.15) is 11.3 Å². The Balaban J connectivity index is 1.39. The van der Waals surface area contributed by atoms with E-state index in [0.29, 0.717) is 12.6 Å². The zero-order valence-corrected chi connectivity index (χ0v) is 13.7. The summed E-state index contributed by atoms with van der Waals surface area (Å²) in [6.45, 7) is 5.05. The maximum absolute atomic E-state index is 12.6. The number of aromatic nitrogens is 1. The third-order valence-electron chi connectivity index (χ3n) is 4.84. The minimum absolute atomic E-state index is 0.157. The van der Waals surface area contributed by atoms with Gasteiger partial charge in [-0.1, -0.05) is 36.4 Å². The van der Waals surface area contributed by atoms with Crippen molar-refractivity contribution in [2.75, 3.05) is 26.2 Å². The lowest BCUT2D eigenvalue weighted by Crippen LogP contribution is -2.51. The molecule has 0 N–H and O–H groups in total. The van der Waals surface area contributed by atoms with Crippen molar-refractivity contribution in [3.8, 4) is 0 Å². The Morgan fingerprint density at radius 2 is 1.79 bits per heavy atom. The lowest BCUT2D eigenvalue weighted by molar-refractivity contribution is 0.116. The number of piperazine rings is 1. The van der Waals surface area contributed by atoms with E-state index in [9.17, 15) is 4.79 Å². The normalized spacial score (nSPS) is 21.2. The fourth-order valence-corrected chi connectivity index (χ4v) is 3.65. The van der Waals surface area contributed by atoms with Gasteiger partial charge in [0, 0.05) is 38.9 Å². The van der Waals surface area contributed by atoms with Crippen LogP contribution >= 0.6 is 0 Å². The van der Waals surface area contributed by atoms with Crippen LogP contribution in [-0.2, 0) is 13.1 Å². The molecule has 4 rings (SSSR count). The highest BCUT2D eigenvalue weighted by molar-refractivity contribution is 5.77. The molecule has 0 radical (unpaired) electrons. The van der Waals surface area contributed by atoms with Gasteiger partial charge in [-0.05, 0) is 17.7 Å². The van der Waals surface area contributed by atoms with Gasteiger partial charge >= 0.3 is 6.03 Å². The third-order valence-corrected chi connectivity index (χ3v) is 4.84. The zero-order valence-electron chi connectivity index (χ0n) is 13.7. The van der Waals surface area contributed by atoms with Gasteiger partial charge in [-0.3, -0.25) is 9.88 Å². The number of nitrogens with zero attached hydrogens (tertiary/aromatic N) is 4. The molecule has 0 saturated carbocycles. The monoisotopic (exact) mass is 322 g/mol. The highest BCUT2D eigenvalue weighted by Gasteiger charge is 2.40. The van der Waals surface area contributed by atoms with Gasteiger partial charge in [-0.2, -0.15) is 0 Å². The summed E-state index contributed by atoms with van der Waals surface area (Å²) in [5, 5.41) is 0. The van der Waals surface area contributed by atoms with Gasteiger partial charge in [-0.15, -0.1) is 0 Å². The van der Waals surface area contributed by atoms with Gasteiger partial charge < -0.3 is 9.80 Å². The quantitative estimate of drug-likeness (QED) is 0.866. The van der Waals surface area contributed by atoms with Crippen LogP contribution in [0.15, 0.2) is 54.7 Å². The van der Waals surface area contributed by atoms with E-state index in [1.165, 1.54) is 5.56 Å². The Kier molecular flexibility index (Phi) is 4.17. The van der Waals surface area contributed by atoms with Crippen LogP contribution in [0.2, 0.25) is 0 Å². The second-order valence-electron chi connectivity index (χ2n) is 6.55. The molecule has 5 heteroatoms. The Hall–Kier alpha value is -2.40. The highest BCUT2D eigenvalue weighted by atomic mass is 16.2. The maximum atomic E-state index is 12.6. The maximum Gasteiger partial charge on any atom is 0.320 e. The van der Waals surface area contributed by atoms with Crippen LogP contribution in [0.3, 0.4) is 0 Å². The topological polar surface area (TPSA) is 39.7 Å². The molecule has 0 bridgehead atoms. The highest BCUT2D eigenvalue weighted by Crippen LogP contribution is 2.23. The Morgan fingerprint density at radius 3 is 2.58 bits per heavy atom. The summed E-state index contributed by atoms with van der Waals surface area (Å²) in [6, 6.07) is 16.8. The van der Waals surface area contributed by atoms with E-state index in [0.717, 1.165) is 38.4 Å². The first-order chi connectivity index (χ1) is 11.8. The molecule has 3 heterocycles. The molecule has 2 fully saturated rings. The van der Waals surface area contributed by atoms with Crippen LogP contribution in [-0.4, -0.2) is 57.9 Å². The van der Waals surface area contributed by atoms with E-state index < -0.39 is 0 Å². The summed E-state index contributed by atoms with van der Waals surface area (Å²) in [6.07, 6.45) is 1.78. The largest absolute Gasteiger partial charge is 0.320 e. The number of carbonyl (C=O) groups excluding carboxylic acids is 1. The SMILES string of the molecule is O=C1N(Cc2ccccn2)CC2CN(Cc3ccccc3)CCN12. The van der Waals surface area contributed by atoms with Crippen molar-refractivity contribution < 1.29 is 4.79 Å². The van der Waals surface area contributed by atoms with Crippen LogP contribution in [0.5, 0.6) is 0 Å². The first-order valence-corrected chi connectivity index (χ1v) is 8.51. The van der Waals surface area contributed by atoms with E-state index in [4.69, 9.17) is 0 Å². The molecule has 5 nitrogen and oxygen atoms in total. The number of carbonyl (C=O) groups is 1. The number of fused-ring (bicyclic) bond motifs is 1. The third kappa shape index (κ3) is 3.12. The summed E-state index contributed by atoms with van der Waals surface area (Å²) in [7, 11) is 0. The number of rotatable bonds is 4. The van der Waals surface area contributed by atoms with E-state index in [1.807, 2.05) is 34.1 Å². The van der Waals surface area contributed by atoms with Crippen LogP contribution in [0, 0.1) is 0 Å². The number of amides is 2. The molecule has 1 unspecified atom stereocenters. The van der Waals surface area contributed by atoms with Crippen LogP contribution in [0.4, 0.5) is 4.79 Å². The van der Waals surface area contributed by atoms with Gasteiger partial charge in [0.15, 0.2) is 0 Å². The molecule has 1 aromatic heterocycles. The predicted octanol–water partition coefficient (Wildman–Crippen LogP) is 2.20. The number of benzene rings is 1. The molecule has 2 amide bonds. The second-order valence-corrected chi connectivity index (χ2v) is 6.55. The van der Waals surface area contributed by atoms with Crippen molar-refractivity contribution in [2.45, 2.75) is 19.1 Å². The second kappa shape index (κ2) is 6.61. The zero-order chi connectivity index (χ0) is 16.4. The predicted molar refractivity (Wildman–Crippen MR) is 92.3 cm³/mol. The molecular formula is C19H22N4O. The standard InChI is InChI=1S/C19H22N4O/c24-19-22(13-17-8-4-5-9-20-17)15-18-14-21(10-11-23(18)19)12-16-6-2-1-3-7-16/h1-9,18H,10-15H2. The van der Waals surface area contributed by atoms with E-state index in [-0.39, 0.29) is 6.03 Å². The molecule has 2 aliphatic heterocycles. The summed E-state index contributed by atoms with van der Waals surface area (Å²) < 4.78 is 0. The molecular weight excluding hydrogens is 300 g/mol. The van der Waals surface area contributed by atoms with Gasteiger partial charge in [0.2, 0.25) is 0 Å². The molecule has 0 spiro atoms. The minimum Gasteiger partial charge on any atom is -0.317 e. The molecule has 0 aliphatic carbocycles. The lowest BCUT2D eigenvalue weighted by Gasteiger charge is -2.36. The van der Waals surface area contributed by atoms with Crippen LogP contribution in [0.25, 0.3) is 0 Å². The average Bonchev–Trinajstić information content (AvgIpc) is 2.92. The molecule has 1 atom stereocenters. The van der Waals surface area contributed by atoms with Crippen molar-refractivity contribution in [3.05, 3.63) is 66.0 Å². The summed E-state index contributed by atoms with van der Waals surface area (Å²) in [4.78, 5) is 23.4. The van der Waals surface area contributed by atoms with Gasteiger partial charge in [0.1, 0.15) is 0 Å². The fraction of sp³-hybridized carbons (Fsp3) is 0.368. The molecule has 2 aromatic rings. The minimum atomic E-state index is 0.157. The Morgan fingerprint density at radius 1 is 0.958 bits per heavy atom. The number of hydrogen-bond acceptors (Lipinski definition) is 3. The fourth-order valence-electron chi connectivity index (χ4n) is 3.65. The lowest BCUT2D eigenvalue weighted by atomic mass is 10.1. The number of hydrogen-bond donors (Lipinski definition) is 0.